The van der Waals surface area contributed by atoms with E-state index in [4.69, 9.17) is 11.5 Å². The monoisotopic (exact) mass is 120 g/mol. The van der Waals surface area contributed by atoms with Gasteiger partial charge in [-0.15, -0.1) is 0 Å². The van der Waals surface area contributed by atoms with Gasteiger partial charge in [-0.1, -0.05) is 6.07 Å². The summed E-state index contributed by atoms with van der Waals surface area (Å²) in [5, 5.41) is 0. The van der Waals surface area contributed by atoms with E-state index in [1.54, 1.807) is 12.1 Å². The Labute approximate surface area is 54.5 Å². The van der Waals surface area contributed by atoms with Gasteiger partial charge in [0.15, 0.2) is 0 Å². The molecule has 0 saturated heterocycles. The molecule has 46 valence electrons. The Bertz CT molecular complexity index is 218. The van der Waals surface area contributed by atoms with Crippen LogP contribution in [0.1, 0.15) is 5.56 Å². The second kappa shape index (κ2) is 1.97. The Hall–Kier alpha value is -1.18. The van der Waals surface area contributed by atoms with E-state index in [0.29, 0.717) is 11.4 Å². The summed E-state index contributed by atoms with van der Waals surface area (Å²) in [5.41, 5.74) is 16.1. The normalized spacial score (nSPS) is 9.44. The second-order valence-corrected chi connectivity index (χ2v) is 2.03. The molecule has 2 nitrogen and oxygen atoms in total. The van der Waals surface area contributed by atoms with Gasteiger partial charge in [-0.25, -0.2) is 0 Å². The minimum atomic E-state index is 0.408. The van der Waals surface area contributed by atoms with E-state index in [9.17, 15) is 0 Å². The van der Waals surface area contributed by atoms with Crippen LogP contribution in [0.25, 0.3) is 0 Å². The van der Waals surface area contributed by atoms with Gasteiger partial charge < -0.3 is 11.5 Å². The minimum Gasteiger partial charge on any atom is -0.301 e. The SMILES string of the molecule is Cc1ccc([NH])cc1[NH]. The fraction of sp³-hybridized carbons (Fsp3) is 0.143. The van der Waals surface area contributed by atoms with Gasteiger partial charge in [-0.3, -0.25) is 0 Å². The van der Waals surface area contributed by atoms with E-state index in [1.165, 1.54) is 6.07 Å². The maximum Gasteiger partial charge on any atom is 0.0590 e. The van der Waals surface area contributed by atoms with Crippen molar-refractivity contribution in [2.24, 2.45) is 0 Å². The summed E-state index contributed by atoms with van der Waals surface area (Å²) in [5.74, 6) is 0. The largest absolute Gasteiger partial charge is 0.301 e. The Morgan fingerprint density at radius 3 is 2.33 bits per heavy atom. The summed E-state index contributed by atoms with van der Waals surface area (Å²) in [6.07, 6.45) is 0. The highest BCUT2D eigenvalue weighted by Gasteiger charge is 1.91. The summed E-state index contributed by atoms with van der Waals surface area (Å²) < 4.78 is 0. The van der Waals surface area contributed by atoms with Crippen LogP contribution in [0, 0.1) is 6.92 Å². The molecule has 0 spiro atoms. The van der Waals surface area contributed by atoms with Gasteiger partial charge in [0.05, 0.1) is 11.4 Å². The lowest BCUT2D eigenvalue weighted by atomic mass is 10.2. The summed E-state index contributed by atoms with van der Waals surface area (Å²) in [7, 11) is 0. The lowest BCUT2D eigenvalue weighted by Crippen LogP contribution is -1.76. The van der Waals surface area contributed by atoms with Gasteiger partial charge in [0.2, 0.25) is 0 Å². The molecular formula is C7H8N2. The maximum atomic E-state index is 7.24. The molecule has 0 unspecified atom stereocenters. The van der Waals surface area contributed by atoms with E-state index in [2.05, 4.69) is 0 Å². The number of nitrogens with one attached hydrogen (secondary N) is 2. The zero-order valence-corrected chi connectivity index (χ0v) is 5.23. The first-order valence-electron chi connectivity index (χ1n) is 2.74. The topological polar surface area (TPSA) is 47.6 Å². The molecule has 0 amide bonds. The molecule has 2 N–H and O–H groups in total. The molecule has 0 saturated carbocycles. The smallest absolute Gasteiger partial charge is 0.0590 e. The van der Waals surface area contributed by atoms with Gasteiger partial charge in [0, 0.05) is 0 Å². The summed E-state index contributed by atoms with van der Waals surface area (Å²) in [6, 6.07) is 5.01. The first-order chi connectivity index (χ1) is 4.20. The Kier molecular flexibility index (Phi) is 1.30. The zero-order chi connectivity index (χ0) is 6.85. The predicted octanol–water partition coefficient (Wildman–Crippen LogP) is 1.82. The molecular weight excluding hydrogens is 112 g/mol. The van der Waals surface area contributed by atoms with Gasteiger partial charge in [0.1, 0.15) is 0 Å². The third-order valence-electron chi connectivity index (χ3n) is 1.24. The van der Waals surface area contributed by atoms with Crippen molar-refractivity contribution in [3.8, 4) is 0 Å². The quantitative estimate of drug-likeness (QED) is 0.501. The van der Waals surface area contributed by atoms with Crippen molar-refractivity contribution < 1.29 is 0 Å². The van der Waals surface area contributed by atoms with Gasteiger partial charge in [-0.2, -0.15) is 0 Å². The van der Waals surface area contributed by atoms with Crippen LogP contribution in [0.5, 0.6) is 0 Å². The number of hydrogen-bond acceptors (Lipinski definition) is 0. The van der Waals surface area contributed by atoms with Crippen molar-refractivity contribution in [2.75, 3.05) is 0 Å². The Morgan fingerprint density at radius 2 is 1.89 bits per heavy atom. The number of aryl methyl sites for hydroxylation is 1. The van der Waals surface area contributed by atoms with Gasteiger partial charge in [-0.05, 0) is 24.6 Å². The van der Waals surface area contributed by atoms with Crippen LogP contribution < -0.4 is 11.5 Å². The molecule has 1 aromatic rings. The maximum absolute atomic E-state index is 7.24. The molecule has 9 heavy (non-hydrogen) atoms. The van der Waals surface area contributed by atoms with E-state index in [1.807, 2.05) is 6.92 Å². The average Bonchev–Trinajstić information content (AvgIpc) is 1.80. The van der Waals surface area contributed by atoms with Crippen molar-refractivity contribution in [1.29, 1.82) is 0 Å². The third kappa shape index (κ3) is 1.13. The zero-order valence-electron chi connectivity index (χ0n) is 5.23. The molecule has 0 aliphatic carbocycles. The number of hydrogen-bond donors (Lipinski definition) is 0. The molecule has 0 heterocycles. The number of benzene rings is 1. The van der Waals surface area contributed by atoms with Crippen LogP contribution in [-0.4, -0.2) is 0 Å². The van der Waals surface area contributed by atoms with Crippen molar-refractivity contribution in [2.45, 2.75) is 6.92 Å². The van der Waals surface area contributed by atoms with Crippen LogP contribution >= 0.6 is 0 Å². The van der Waals surface area contributed by atoms with Crippen molar-refractivity contribution in [3.05, 3.63) is 23.8 Å². The van der Waals surface area contributed by atoms with Crippen molar-refractivity contribution in [1.82, 2.24) is 11.5 Å². The van der Waals surface area contributed by atoms with Crippen LogP contribution in [-0.2, 0) is 0 Å². The third-order valence-corrected chi connectivity index (χ3v) is 1.24. The molecule has 0 aliphatic rings. The molecule has 1 rings (SSSR count). The lowest BCUT2D eigenvalue weighted by molar-refractivity contribution is 1.35. The molecule has 1 aromatic carbocycles. The van der Waals surface area contributed by atoms with Crippen LogP contribution in [0.2, 0.25) is 0 Å². The van der Waals surface area contributed by atoms with E-state index >= 15 is 0 Å². The fourth-order valence-corrected chi connectivity index (χ4v) is 0.622. The standard InChI is InChI=1S/C7H8N2/c1-5-2-3-6(8)4-7(5)9/h2-4,8-9H,1H3. The number of rotatable bonds is 0. The van der Waals surface area contributed by atoms with Gasteiger partial charge in [0.25, 0.3) is 0 Å². The molecule has 0 bridgehead atoms. The molecule has 0 fully saturated rings. The first-order valence-corrected chi connectivity index (χ1v) is 2.74. The Balaban J connectivity index is 3.17. The molecule has 0 aliphatic heterocycles. The van der Waals surface area contributed by atoms with Crippen molar-refractivity contribution in [3.63, 3.8) is 0 Å². The molecule has 0 aromatic heterocycles. The van der Waals surface area contributed by atoms with Crippen LogP contribution in [0.4, 0.5) is 11.4 Å². The highest BCUT2D eigenvalue weighted by atomic mass is 14.6. The van der Waals surface area contributed by atoms with Crippen molar-refractivity contribution >= 4 is 11.4 Å². The average molecular weight is 120 g/mol. The van der Waals surface area contributed by atoms with Crippen LogP contribution in [0.3, 0.4) is 0 Å². The predicted molar refractivity (Wildman–Crippen MR) is 36.7 cm³/mol. The fourth-order valence-electron chi connectivity index (χ4n) is 0.622. The lowest BCUT2D eigenvalue weighted by Gasteiger charge is -1.96. The van der Waals surface area contributed by atoms with E-state index in [0.717, 1.165) is 5.56 Å². The summed E-state index contributed by atoms with van der Waals surface area (Å²) >= 11 is 0. The molecule has 0 atom stereocenters. The highest BCUT2D eigenvalue weighted by Crippen LogP contribution is 2.15. The minimum absolute atomic E-state index is 0.408. The van der Waals surface area contributed by atoms with E-state index in [-0.39, 0.29) is 0 Å². The Morgan fingerprint density at radius 1 is 1.22 bits per heavy atom. The molecule has 2 radical (unpaired) electrons. The van der Waals surface area contributed by atoms with E-state index < -0.39 is 0 Å². The molecule has 2 heteroatoms. The highest BCUT2D eigenvalue weighted by molar-refractivity contribution is 5.52. The second-order valence-electron chi connectivity index (χ2n) is 2.03. The van der Waals surface area contributed by atoms with Gasteiger partial charge >= 0.3 is 0 Å². The summed E-state index contributed by atoms with van der Waals surface area (Å²) in [4.78, 5) is 0. The van der Waals surface area contributed by atoms with Crippen LogP contribution in [0.15, 0.2) is 18.2 Å². The summed E-state index contributed by atoms with van der Waals surface area (Å²) in [6.45, 7) is 1.86. The first kappa shape index (κ1) is 5.95.